The molecule has 0 bridgehead atoms. The van der Waals surface area contributed by atoms with Crippen LogP contribution in [0.5, 0.6) is 11.6 Å². The number of aromatic nitrogens is 5. The number of ether oxygens (including phenoxy) is 1. The van der Waals surface area contributed by atoms with Crippen molar-refractivity contribution >= 4 is 0 Å². The van der Waals surface area contributed by atoms with Gasteiger partial charge in [0.25, 0.3) is 0 Å². The SMILES string of the molecule is Cc1c(-c2ccccn2)[n-]c(=O)[nH]c1=O.Cc1cc(C)c(Oc2ccc(-c3[c-]cccc3)nn2)c(C)c1.[Ir]. The minimum atomic E-state index is -0.647. The molecule has 2 aromatic carbocycles. The van der Waals surface area contributed by atoms with Crippen molar-refractivity contribution in [2.45, 2.75) is 27.7 Å². The van der Waals surface area contributed by atoms with E-state index in [0.29, 0.717) is 22.8 Å². The molecular formula is C29H25IrN5O3-2. The first-order valence-corrected chi connectivity index (χ1v) is 11.6. The van der Waals surface area contributed by atoms with Gasteiger partial charge in [-0.05, 0) is 68.3 Å². The van der Waals surface area contributed by atoms with Crippen molar-refractivity contribution in [3.63, 3.8) is 0 Å². The molecule has 3 heterocycles. The molecule has 0 fully saturated rings. The number of rotatable bonds is 4. The molecule has 38 heavy (non-hydrogen) atoms. The first-order chi connectivity index (χ1) is 17.8. The number of aryl methyl sites for hydroxylation is 3. The minimum Gasteiger partial charge on any atom is -0.437 e. The van der Waals surface area contributed by atoms with Crippen molar-refractivity contribution in [2.24, 2.45) is 0 Å². The van der Waals surface area contributed by atoms with Crippen molar-refractivity contribution in [3.05, 3.63) is 122 Å². The van der Waals surface area contributed by atoms with Crippen LogP contribution in [0.2, 0.25) is 0 Å². The Kier molecular flexibility index (Phi) is 9.60. The third kappa shape index (κ3) is 6.97. The summed E-state index contributed by atoms with van der Waals surface area (Å²) in [7, 11) is 0. The van der Waals surface area contributed by atoms with Crippen LogP contribution in [0, 0.1) is 33.8 Å². The summed E-state index contributed by atoms with van der Waals surface area (Å²) in [5.41, 5.74) is 5.32. The number of H-pyrrole nitrogens is 1. The Balaban J connectivity index is 0.000000220. The van der Waals surface area contributed by atoms with E-state index >= 15 is 0 Å². The number of pyridine rings is 1. The molecule has 1 N–H and O–H groups in total. The van der Waals surface area contributed by atoms with Gasteiger partial charge in [-0.25, -0.2) is 0 Å². The van der Waals surface area contributed by atoms with E-state index < -0.39 is 11.2 Å². The molecule has 0 saturated heterocycles. The summed E-state index contributed by atoms with van der Waals surface area (Å²) >= 11 is 0. The smallest absolute Gasteiger partial charge is 0.237 e. The number of nitrogens with zero attached hydrogens (tertiary/aromatic N) is 4. The van der Waals surface area contributed by atoms with Crippen molar-refractivity contribution in [3.8, 4) is 34.3 Å². The molecule has 8 nitrogen and oxygen atoms in total. The van der Waals surface area contributed by atoms with E-state index in [1.165, 1.54) is 5.56 Å². The van der Waals surface area contributed by atoms with Crippen molar-refractivity contribution < 1.29 is 24.8 Å². The van der Waals surface area contributed by atoms with Crippen LogP contribution in [0.15, 0.2) is 82.5 Å². The maximum atomic E-state index is 11.3. The molecule has 0 saturated carbocycles. The summed E-state index contributed by atoms with van der Waals surface area (Å²) in [6.45, 7) is 7.76. The van der Waals surface area contributed by atoms with Gasteiger partial charge < -0.3 is 14.7 Å². The number of hydrogen-bond acceptors (Lipinski definition) is 6. The molecule has 1 radical (unpaired) electrons. The van der Waals surface area contributed by atoms with Crippen LogP contribution in [0.25, 0.3) is 22.6 Å². The predicted molar refractivity (Wildman–Crippen MR) is 142 cm³/mol. The summed E-state index contributed by atoms with van der Waals surface area (Å²) in [5.74, 6) is 1.34. The normalized spacial score (nSPS) is 10.1. The number of benzene rings is 2. The van der Waals surface area contributed by atoms with Gasteiger partial charge in [-0.1, -0.05) is 29.8 Å². The van der Waals surface area contributed by atoms with E-state index in [1.807, 2.05) is 50.2 Å². The molecule has 5 rings (SSSR count). The molecule has 3 aromatic heterocycles. The Morgan fingerprint density at radius 1 is 0.868 bits per heavy atom. The minimum absolute atomic E-state index is 0. The first-order valence-electron chi connectivity index (χ1n) is 11.6. The van der Waals surface area contributed by atoms with Crippen molar-refractivity contribution in [2.75, 3.05) is 0 Å². The Labute approximate surface area is 233 Å². The predicted octanol–water partition coefficient (Wildman–Crippen LogP) is 4.72. The Morgan fingerprint density at radius 3 is 2.21 bits per heavy atom. The van der Waals surface area contributed by atoms with Crippen LogP contribution in [0.1, 0.15) is 22.3 Å². The van der Waals surface area contributed by atoms with Crippen LogP contribution in [0.4, 0.5) is 0 Å². The fraction of sp³-hybridized carbons (Fsp3) is 0.138. The van der Waals surface area contributed by atoms with E-state index in [9.17, 15) is 9.59 Å². The molecule has 5 aromatic rings. The average Bonchev–Trinajstić information content (AvgIpc) is 2.90. The topological polar surface area (TPSA) is 112 Å². The molecule has 9 heteroatoms. The second kappa shape index (κ2) is 12.9. The second-order valence-corrected chi connectivity index (χ2v) is 8.42. The van der Waals surface area contributed by atoms with Crippen molar-refractivity contribution in [1.29, 1.82) is 0 Å². The summed E-state index contributed by atoms with van der Waals surface area (Å²) in [6, 6.07) is 24.0. The van der Waals surface area contributed by atoms with Crippen LogP contribution in [-0.2, 0) is 20.1 Å². The summed E-state index contributed by atoms with van der Waals surface area (Å²) in [6.07, 6.45) is 1.59. The Morgan fingerprint density at radius 2 is 1.61 bits per heavy atom. The molecule has 195 valence electrons. The zero-order valence-electron chi connectivity index (χ0n) is 21.3. The number of aromatic amines is 1. The van der Waals surface area contributed by atoms with E-state index in [2.05, 4.69) is 50.3 Å². The molecule has 0 amide bonds. The zero-order valence-corrected chi connectivity index (χ0v) is 23.7. The average molecular weight is 684 g/mol. The summed E-state index contributed by atoms with van der Waals surface area (Å²) < 4.78 is 5.90. The largest absolute Gasteiger partial charge is 0.437 e. The van der Waals surface area contributed by atoms with E-state index in [0.717, 1.165) is 28.1 Å². The maximum absolute atomic E-state index is 11.3. The molecule has 0 aliphatic rings. The fourth-order valence-electron chi connectivity index (χ4n) is 3.77. The summed E-state index contributed by atoms with van der Waals surface area (Å²) in [5, 5.41) is 8.38. The third-order valence-corrected chi connectivity index (χ3v) is 5.47. The van der Waals surface area contributed by atoms with Crippen LogP contribution >= 0.6 is 0 Å². The number of nitrogens with one attached hydrogen (secondary N) is 1. The van der Waals surface area contributed by atoms with Gasteiger partial charge in [-0.2, -0.15) is 5.10 Å². The maximum Gasteiger partial charge on any atom is 0.237 e. The number of hydrogen-bond donors (Lipinski definition) is 1. The molecule has 0 atom stereocenters. The van der Waals surface area contributed by atoms with Gasteiger partial charge in [0.15, 0.2) is 11.2 Å². The molecule has 0 aliphatic carbocycles. The molecular weight excluding hydrogens is 659 g/mol. The van der Waals surface area contributed by atoms with Gasteiger partial charge in [0.2, 0.25) is 5.88 Å². The van der Waals surface area contributed by atoms with Gasteiger partial charge in [-0.3, -0.25) is 14.6 Å². The van der Waals surface area contributed by atoms with Gasteiger partial charge in [0.1, 0.15) is 5.75 Å². The van der Waals surface area contributed by atoms with E-state index in [4.69, 9.17) is 4.74 Å². The molecule has 0 aliphatic heterocycles. The molecule has 0 unspecified atom stereocenters. The van der Waals surface area contributed by atoms with Crippen LogP contribution in [0.3, 0.4) is 0 Å². The Bertz CT molecular complexity index is 1590. The van der Waals surface area contributed by atoms with Gasteiger partial charge in [-0.15, -0.1) is 41.0 Å². The first kappa shape index (κ1) is 28.4. The van der Waals surface area contributed by atoms with Crippen molar-refractivity contribution in [1.82, 2.24) is 25.1 Å². The van der Waals surface area contributed by atoms with Gasteiger partial charge in [0.05, 0.1) is 5.69 Å². The van der Waals surface area contributed by atoms with Crippen LogP contribution in [-0.4, -0.2) is 20.2 Å². The standard InChI is InChI=1S/C19H17N2O.C10H9N3O2.Ir/c1-13-11-14(2)19(15(3)12-13)22-18-10-9-17(20-21-18)16-7-5-4-6-8-16;1-6-8(7-4-2-3-5-11-7)12-10(15)13-9(6)14;/h4-7,9-12H,1-3H3;2-5H,1H3,(H2,12,13,14,15);/q-1;;/p-1. The fourth-order valence-corrected chi connectivity index (χ4v) is 3.77. The zero-order chi connectivity index (χ0) is 26.4. The summed E-state index contributed by atoms with van der Waals surface area (Å²) in [4.78, 5) is 32.2. The van der Waals surface area contributed by atoms with Crippen LogP contribution < -0.4 is 21.0 Å². The van der Waals surface area contributed by atoms with E-state index in [-0.39, 0.29) is 20.1 Å². The monoisotopic (exact) mass is 684 g/mol. The second-order valence-electron chi connectivity index (χ2n) is 8.42. The van der Waals surface area contributed by atoms with Gasteiger partial charge in [0, 0.05) is 32.0 Å². The van der Waals surface area contributed by atoms with E-state index in [1.54, 1.807) is 31.3 Å². The third-order valence-electron chi connectivity index (χ3n) is 5.47. The molecule has 0 spiro atoms. The van der Waals surface area contributed by atoms with Gasteiger partial charge >= 0.3 is 0 Å². The Hall–Kier alpha value is -4.20. The quantitative estimate of drug-likeness (QED) is 0.273.